The highest BCUT2D eigenvalue weighted by atomic mass is 35.5. The quantitative estimate of drug-likeness (QED) is 0.672. The molecule has 1 spiro atoms. The first-order valence-corrected chi connectivity index (χ1v) is 8.44. The van der Waals surface area contributed by atoms with Gasteiger partial charge in [-0.2, -0.15) is 11.8 Å². The van der Waals surface area contributed by atoms with Crippen LogP contribution in [0.15, 0.2) is 18.2 Å². The molecule has 2 aliphatic rings. The first-order valence-electron chi connectivity index (χ1n) is 6.91. The van der Waals surface area contributed by atoms with Crippen LogP contribution in [0, 0.1) is 5.92 Å². The fourth-order valence-corrected chi connectivity index (χ4v) is 4.54. The van der Waals surface area contributed by atoms with Crippen LogP contribution in [-0.2, 0) is 4.74 Å². The first-order chi connectivity index (χ1) is 9.60. The van der Waals surface area contributed by atoms with Crippen molar-refractivity contribution < 1.29 is 9.53 Å². The number of nitrogen functional groups attached to an aromatic ring is 1. The molecule has 2 saturated heterocycles. The van der Waals surface area contributed by atoms with Crippen LogP contribution < -0.4 is 5.73 Å². The van der Waals surface area contributed by atoms with Crippen molar-refractivity contribution in [3.8, 4) is 0 Å². The summed E-state index contributed by atoms with van der Waals surface area (Å²) in [4.78, 5) is 12.6. The molecular formula is C15H18ClNO2S. The number of rotatable bonds is 2. The van der Waals surface area contributed by atoms with E-state index in [1.165, 1.54) is 0 Å². The summed E-state index contributed by atoms with van der Waals surface area (Å²) in [7, 11) is 0. The van der Waals surface area contributed by atoms with Gasteiger partial charge in [-0.3, -0.25) is 4.79 Å². The van der Waals surface area contributed by atoms with Crippen LogP contribution in [0.3, 0.4) is 0 Å². The molecule has 2 unspecified atom stereocenters. The molecule has 1 aromatic rings. The lowest BCUT2D eigenvalue weighted by Gasteiger charge is -2.37. The van der Waals surface area contributed by atoms with E-state index < -0.39 is 0 Å². The topological polar surface area (TPSA) is 52.3 Å². The summed E-state index contributed by atoms with van der Waals surface area (Å²) < 4.78 is 5.97. The number of nitrogens with two attached hydrogens (primary N) is 1. The summed E-state index contributed by atoms with van der Waals surface area (Å²) in [5, 5.41) is 0.497. The van der Waals surface area contributed by atoms with E-state index in [1.54, 1.807) is 18.2 Å². The van der Waals surface area contributed by atoms with E-state index in [0.717, 1.165) is 30.8 Å². The predicted octanol–water partition coefficient (Wildman–Crippen LogP) is 3.41. The zero-order chi connectivity index (χ0) is 14.2. The Morgan fingerprint density at radius 3 is 3.05 bits per heavy atom. The van der Waals surface area contributed by atoms with Crippen molar-refractivity contribution in [2.75, 3.05) is 23.8 Å². The van der Waals surface area contributed by atoms with Gasteiger partial charge in [-0.15, -0.1) is 0 Å². The van der Waals surface area contributed by atoms with E-state index in [2.05, 4.69) is 0 Å². The summed E-state index contributed by atoms with van der Waals surface area (Å²) in [5.41, 5.74) is 6.86. The molecule has 2 heterocycles. The van der Waals surface area contributed by atoms with Gasteiger partial charge < -0.3 is 10.5 Å². The van der Waals surface area contributed by atoms with Crippen LogP contribution in [0.5, 0.6) is 0 Å². The molecule has 0 bridgehead atoms. The molecule has 5 heteroatoms. The van der Waals surface area contributed by atoms with Gasteiger partial charge >= 0.3 is 0 Å². The Morgan fingerprint density at radius 2 is 2.35 bits per heavy atom. The number of benzene rings is 1. The van der Waals surface area contributed by atoms with E-state index in [-0.39, 0.29) is 17.3 Å². The molecule has 108 valence electrons. The summed E-state index contributed by atoms with van der Waals surface area (Å²) >= 11 is 7.83. The second kappa shape index (κ2) is 5.58. The molecule has 2 fully saturated rings. The summed E-state index contributed by atoms with van der Waals surface area (Å²) in [6, 6.07) is 5.16. The highest BCUT2D eigenvalue weighted by Gasteiger charge is 2.42. The van der Waals surface area contributed by atoms with E-state index >= 15 is 0 Å². The number of ketones is 1. The van der Waals surface area contributed by atoms with Gasteiger partial charge in [0.15, 0.2) is 5.78 Å². The zero-order valence-corrected chi connectivity index (χ0v) is 12.8. The molecule has 0 radical (unpaired) electrons. The minimum Gasteiger partial charge on any atom is -0.398 e. The monoisotopic (exact) mass is 311 g/mol. The Hall–Kier alpha value is -0.710. The Kier molecular flexibility index (Phi) is 3.98. The number of anilines is 1. The average Bonchev–Trinajstić information content (AvgIpc) is 2.89. The molecule has 3 nitrogen and oxygen atoms in total. The van der Waals surface area contributed by atoms with Gasteiger partial charge in [-0.05, 0) is 43.2 Å². The third-order valence-corrected chi connectivity index (χ3v) is 5.78. The van der Waals surface area contributed by atoms with Gasteiger partial charge in [0.05, 0.1) is 16.3 Å². The predicted molar refractivity (Wildman–Crippen MR) is 83.5 cm³/mol. The van der Waals surface area contributed by atoms with Crippen molar-refractivity contribution in [3.63, 3.8) is 0 Å². The first kappa shape index (κ1) is 14.2. The van der Waals surface area contributed by atoms with Crippen molar-refractivity contribution in [3.05, 3.63) is 28.8 Å². The van der Waals surface area contributed by atoms with Crippen LogP contribution in [0.25, 0.3) is 0 Å². The second-order valence-corrected chi connectivity index (χ2v) is 7.14. The third-order valence-electron chi connectivity index (χ3n) is 4.21. The van der Waals surface area contributed by atoms with Crippen molar-refractivity contribution in [1.82, 2.24) is 0 Å². The number of hydrogen-bond donors (Lipinski definition) is 1. The lowest BCUT2D eigenvalue weighted by molar-refractivity contribution is -0.0734. The molecule has 2 aliphatic heterocycles. The zero-order valence-electron chi connectivity index (χ0n) is 11.2. The maximum absolute atomic E-state index is 12.6. The van der Waals surface area contributed by atoms with Gasteiger partial charge in [0.1, 0.15) is 0 Å². The van der Waals surface area contributed by atoms with E-state index in [0.29, 0.717) is 22.9 Å². The highest BCUT2D eigenvalue weighted by molar-refractivity contribution is 7.99. The highest BCUT2D eigenvalue weighted by Crippen LogP contribution is 2.41. The van der Waals surface area contributed by atoms with Gasteiger partial charge in [-0.1, -0.05) is 11.6 Å². The van der Waals surface area contributed by atoms with Crippen LogP contribution in [-0.4, -0.2) is 29.5 Å². The SMILES string of the molecule is Nc1cc(C(=O)C2CCOC3(CCSC3)C2)ccc1Cl. The lowest BCUT2D eigenvalue weighted by atomic mass is 9.81. The summed E-state index contributed by atoms with van der Waals surface area (Å²) in [5.74, 6) is 2.37. The summed E-state index contributed by atoms with van der Waals surface area (Å²) in [6.07, 6.45) is 2.69. The largest absolute Gasteiger partial charge is 0.398 e. The van der Waals surface area contributed by atoms with Crippen LogP contribution in [0.1, 0.15) is 29.6 Å². The van der Waals surface area contributed by atoms with Crippen molar-refractivity contribution in [1.29, 1.82) is 0 Å². The minimum atomic E-state index is -0.0682. The fraction of sp³-hybridized carbons (Fsp3) is 0.533. The number of halogens is 1. The van der Waals surface area contributed by atoms with Gasteiger partial charge in [0.2, 0.25) is 0 Å². The number of ether oxygens (including phenoxy) is 1. The van der Waals surface area contributed by atoms with Crippen molar-refractivity contribution in [2.45, 2.75) is 24.9 Å². The van der Waals surface area contributed by atoms with Gasteiger partial charge in [-0.25, -0.2) is 0 Å². The van der Waals surface area contributed by atoms with Crippen molar-refractivity contribution >= 4 is 34.8 Å². The fourth-order valence-electron chi connectivity index (χ4n) is 3.05. The molecule has 1 aromatic carbocycles. The molecule has 2 atom stereocenters. The maximum Gasteiger partial charge on any atom is 0.166 e. The average molecular weight is 312 g/mol. The Labute approximate surface area is 128 Å². The molecule has 0 aromatic heterocycles. The third kappa shape index (κ3) is 2.69. The van der Waals surface area contributed by atoms with Gasteiger partial charge in [0.25, 0.3) is 0 Å². The maximum atomic E-state index is 12.6. The number of thioether (sulfide) groups is 1. The second-order valence-electron chi connectivity index (χ2n) is 5.62. The molecule has 20 heavy (non-hydrogen) atoms. The number of hydrogen-bond acceptors (Lipinski definition) is 4. The Bertz CT molecular complexity index is 529. The molecule has 0 aliphatic carbocycles. The normalized spacial score (nSPS) is 29.8. The van der Waals surface area contributed by atoms with Crippen LogP contribution in [0.4, 0.5) is 5.69 Å². The number of carbonyl (C=O) groups is 1. The summed E-state index contributed by atoms with van der Waals surface area (Å²) in [6.45, 7) is 0.681. The Morgan fingerprint density at radius 1 is 1.50 bits per heavy atom. The molecule has 2 N–H and O–H groups in total. The van der Waals surface area contributed by atoms with Crippen LogP contribution in [0.2, 0.25) is 5.02 Å². The molecule has 0 saturated carbocycles. The smallest absolute Gasteiger partial charge is 0.166 e. The van der Waals surface area contributed by atoms with E-state index in [1.807, 2.05) is 11.8 Å². The Balaban J connectivity index is 1.77. The number of Topliss-reactive ketones (excluding diaryl/α,β-unsaturated/α-hetero) is 1. The van der Waals surface area contributed by atoms with Gasteiger partial charge in [0, 0.05) is 23.8 Å². The van der Waals surface area contributed by atoms with E-state index in [4.69, 9.17) is 22.1 Å². The molecular weight excluding hydrogens is 294 g/mol. The van der Waals surface area contributed by atoms with Crippen molar-refractivity contribution in [2.24, 2.45) is 5.92 Å². The van der Waals surface area contributed by atoms with Crippen LogP contribution >= 0.6 is 23.4 Å². The standard InChI is InChI=1S/C15H18ClNO2S/c16-12-2-1-10(7-13(12)17)14(18)11-3-5-19-15(8-11)4-6-20-9-15/h1-2,7,11H,3-6,8-9,17H2. The minimum absolute atomic E-state index is 0.0445. The van der Waals surface area contributed by atoms with E-state index in [9.17, 15) is 4.79 Å². The lowest BCUT2D eigenvalue weighted by Crippen LogP contribution is -2.42. The number of carbonyl (C=O) groups excluding carboxylic acids is 1. The molecule has 0 amide bonds. The molecule has 3 rings (SSSR count).